The molecule has 98 valence electrons. The third kappa shape index (κ3) is 2.49. The highest BCUT2D eigenvalue weighted by Gasteiger charge is 2.43. The van der Waals surface area contributed by atoms with Crippen molar-refractivity contribution in [2.75, 3.05) is 0 Å². The second-order valence-corrected chi connectivity index (χ2v) is 6.25. The Balaban J connectivity index is 2.05. The minimum Gasteiger partial charge on any atom is -0.323 e. The Bertz CT molecular complexity index is 290. The van der Waals surface area contributed by atoms with Gasteiger partial charge in [-0.2, -0.15) is 0 Å². The lowest BCUT2D eigenvalue weighted by molar-refractivity contribution is -0.133. The molecular weight excluding hydrogens is 212 g/mol. The summed E-state index contributed by atoms with van der Waals surface area (Å²) in [6.07, 6.45) is 4.91. The van der Waals surface area contributed by atoms with Crippen molar-refractivity contribution < 1.29 is 4.79 Å². The molecule has 0 aromatic heterocycles. The maximum Gasteiger partial charge on any atom is 0.241 e. The topological polar surface area (TPSA) is 32.3 Å². The van der Waals surface area contributed by atoms with Crippen LogP contribution >= 0.6 is 0 Å². The van der Waals surface area contributed by atoms with Crippen molar-refractivity contribution in [2.45, 2.75) is 71.6 Å². The Hall–Kier alpha value is -0.570. The largest absolute Gasteiger partial charge is 0.323 e. The van der Waals surface area contributed by atoms with E-state index < -0.39 is 0 Å². The number of carbonyl (C=O) groups is 1. The van der Waals surface area contributed by atoms with Crippen LogP contribution in [0.5, 0.6) is 0 Å². The highest BCUT2D eigenvalue weighted by molar-refractivity contribution is 5.84. The molecule has 1 heterocycles. The minimum atomic E-state index is 0.0535. The summed E-state index contributed by atoms with van der Waals surface area (Å²) >= 11 is 0. The molecule has 1 aliphatic heterocycles. The molecule has 1 aliphatic carbocycles. The van der Waals surface area contributed by atoms with Crippen LogP contribution in [0.2, 0.25) is 0 Å². The Morgan fingerprint density at radius 3 is 2.59 bits per heavy atom. The summed E-state index contributed by atoms with van der Waals surface area (Å²) in [6, 6.07) is 0.528. The molecule has 1 amide bonds. The van der Waals surface area contributed by atoms with E-state index in [1.807, 2.05) is 0 Å². The van der Waals surface area contributed by atoms with E-state index in [-0.39, 0.29) is 12.2 Å². The van der Waals surface area contributed by atoms with Crippen molar-refractivity contribution in [3.63, 3.8) is 0 Å². The van der Waals surface area contributed by atoms with E-state index >= 15 is 0 Å². The molecule has 2 fully saturated rings. The fraction of sp³-hybridized carbons (Fsp3) is 0.929. The lowest BCUT2D eigenvalue weighted by Gasteiger charge is -2.31. The number of hydrogen-bond acceptors (Lipinski definition) is 2. The van der Waals surface area contributed by atoms with E-state index in [2.05, 4.69) is 37.9 Å². The van der Waals surface area contributed by atoms with Crippen LogP contribution in [0.3, 0.4) is 0 Å². The minimum absolute atomic E-state index is 0.0535. The van der Waals surface area contributed by atoms with E-state index in [4.69, 9.17) is 0 Å². The second-order valence-electron chi connectivity index (χ2n) is 6.25. The van der Waals surface area contributed by atoms with Crippen LogP contribution in [0, 0.1) is 11.8 Å². The van der Waals surface area contributed by atoms with Gasteiger partial charge >= 0.3 is 0 Å². The zero-order chi connectivity index (χ0) is 12.6. The number of nitrogens with zero attached hydrogens (tertiary/aromatic N) is 1. The predicted octanol–water partition coefficient (Wildman–Crippen LogP) is 2.37. The van der Waals surface area contributed by atoms with E-state index in [1.54, 1.807) is 0 Å². The molecule has 2 aliphatic rings. The molecule has 0 aromatic carbocycles. The van der Waals surface area contributed by atoms with Gasteiger partial charge in [-0.25, -0.2) is 0 Å². The van der Waals surface area contributed by atoms with E-state index in [1.165, 1.54) is 19.3 Å². The normalized spacial score (nSPS) is 38.4. The Morgan fingerprint density at radius 1 is 1.35 bits per heavy atom. The van der Waals surface area contributed by atoms with Crippen LogP contribution in [-0.4, -0.2) is 29.1 Å². The molecule has 1 saturated carbocycles. The van der Waals surface area contributed by atoms with Gasteiger partial charge in [0.2, 0.25) is 5.91 Å². The molecule has 4 atom stereocenters. The van der Waals surface area contributed by atoms with E-state index in [0.29, 0.717) is 23.8 Å². The van der Waals surface area contributed by atoms with Crippen molar-refractivity contribution in [1.29, 1.82) is 0 Å². The molecule has 1 N–H and O–H groups in total. The lowest BCUT2D eigenvalue weighted by Crippen LogP contribution is -2.44. The zero-order valence-corrected chi connectivity index (χ0v) is 11.6. The van der Waals surface area contributed by atoms with E-state index in [0.717, 1.165) is 6.42 Å². The third-order valence-corrected chi connectivity index (χ3v) is 4.29. The van der Waals surface area contributed by atoms with Crippen LogP contribution < -0.4 is 5.32 Å². The Kier molecular flexibility index (Phi) is 3.76. The molecule has 2 rings (SSSR count). The summed E-state index contributed by atoms with van der Waals surface area (Å²) in [5.74, 6) is 1.58. The quantitative estimate of drug-likeness (QED) is 0.818. The summed E-state index contributed by atoms with van der Waals surface area (Å²) in [4.78, 5) is 14.6. The maximum atomic E-state index is 12.4. The average Bonchev–Trinajstić information content (AvgIpc) is 2.73. The van der Waals surface area contributed by atoms with Gasteiger partial charge in [0.1, 0.15) is 0 Å². The molecule has 17 heavy (non-hydrogen) atoms. The fourth-order valence-corrected chi connectivity index (χ4v) is 3.44. The molecule has 0 radical (unpaired) electrons. The first-order chi connectivity index (χ1) is 8.00. The van der Waals surface area contributed by atoms with Gasteiger partial charge in [0.05, 0.1) is 12.2 Å². The molecule has 4 unspecified atom stereocenters. The number of rotatable bonds is 3. The third-order valence-electron chi connectivity index (χ3n) is 4.29. The summed E-state index contributed by atoms with van der Waals surface area (Å²) in [6.45, 7) is 8.78. The van der Waals surface area contributed by atoms with Gasteiger partial charge in [0.15, 0.2) is 0 Å². The highest BCUT2D eigenvalue weighted by atomic mass is 16.2. The van der Waals surface area contributed by atoms with Crippen molar-refractivity contribution in [3.8, 4) is 0 Å². The Morgan fingerprint density at radius 2 is 2.06 bits per heavy atom. The molecule has 0 bridgehead atoms. The van der Waals surface area contributed by atoms with Gasteiger partial charge in [0.25, 0.3) is 0 Å². The number of hydrogen-bond donors (Lipinski definition) is 1. The molecular formula is C14H26N2O. The first kappa shape index (κ1) is 12.9. The first-order valence-corrected chi connectivity index (χ1v) is 7.09. The smallest absolute Gasteiger partial charge is 0.241 e. The van der Waals surface area contributed by atoms with Gasteiger partial charge < -0.3 is 4.90 Å². The Labute approximate surface area is 105 Å². The molecule has 0 aromatic rings. The van der Waals surface area contributed by atoms with Crippen LogP contribution in [0.4, 0.5) is 0 Å². The average molecular weight is 238 g/mol. The first-order valence-electron chi connectivity index (χ1n) is 7.09. The van der Waals surface area contributed by atoms with Gasteiger partial charge in [0, 0.05) is 6.04 Å². The molecule has 3 heteroatoms. The lowest BCUT2D eigenvalue weighted by atomic mass is 10.0. The van der Waals surface area contributed by atoms with Gasteiger partial charge in [-0.15, -0.1) is 0 Å². The van der Waals surface area contributed by atoms with Crippen molar-refractivity contribution in [3.05, 3.63) is 0 Å². The number of carbonyl (C=O) groups excluding carboxylic acids is 1. The van der Waals surface area contributed by atoms with Crippen LogP contribution in [-0.2, 0) is 4.79 Å². The SMILES string of the molecule is CC(C)CC1NC(C)N(C2CCCC2C)C1=O. The predicted molar refractivity (Wildman–Crippen MR) is 69.5 cm³/mol. The van der Waals surface area contributed by atoms with Crippen molar-refractivity contribution in [1.82, 2.24) is 10.2 Å². The van der Waals surface area contributed by atoms with E-state index in [9.17, 15) is 4.79 Å². The standard InChI is InChI=1S/C14H26N2O/c1-9(2)8-12-14(17)16(11(4)15-12)13-7-5-6-10(13)3/h9-13,15H,5-8H2,1-4H3. The summed E-state index contributed by atoms with van der Waals surface area (Å²) in [7, 11) is 0. The number of nitrogens with one attached hydrogen (secondary N) is 1. The van der Waals surface area contributed by atoms with Crippen LogP contribution in [0.25, 0.3) is 0 Å². The van der Waals surface area contributed by atoms with Gasteiger partial charge in [-0.1, -0.05) is 27.2 Å². The summed E-state index contributed by atoms with van der Waals surface area (Å²) in [5.41, 5.74) is 0. The van der Waals surface area contributed by atoms with Crippen molar-refractivity contribution in [2.24, 2.45) is 11.8 Å². The van der Waals surface area contributed by atoms with Crippen LogP contribution in [0.15, 0.2) is 0 Å². The van der Waals surface area contributed by atoms with Gasteiger partial charge in [-0.05, 0) is 38.0 Å². The maximum absolute atomic E-state index is 12.4. The zero-order valence-electron chi connectivity index (χ0n) is 11.6. The second kappa shape index (κ2) is 4.97. The highest BCUT2D eigenvalue weighted by Crippen LogP contribution is 2.33. The molecule has 0 spiro atoms. The summed E-state index contributed by atoms with van der Waals surface area (Å²) < 4.78 is 0. The molecule has 3 nitrogen and oxygen atoms in total. The van der Waals surface area contributed by atoms with Crippen LogP contribution in [0.1, 0.15) is 53.4 Å². The number of amides is 1. The monoisotopic (exact) mass is 238 g/mol. The van der Waals surface area contributed by atoms with Gasteiger partial charge in [-0.3, -0.25) is 10.1 Å². The fourth-order valence-electron chi connectivity index (χ4n) is 3.44. The summed E-state index contributed by atoms with van der Waals surface area (Å²) in [5, 5.41) is 3.46. The molecule has 1 saturated heterocycles. The van der Waals surface area contributed by atoms with Crippen molar-refractivity contribution >= 4 is 5.91 Å².